The number of rotatable bonds is 5. The summed E-state index contributed by atoms with van der Waals surface area (Å²) in [5.41, 5.74) is 0. The summed E-state index contributed by atoms with van der Waals surface area (Å²) < 4.78 is 40.5. The number of aromatic nitrogens is 2. The molecular formula is C12H13ClFN3O2S. The number of sulfonamides is 1. The van der Waals surface area contributed by atoms with E-state index in [9.17, 15) is 12.8 Å². The van der Waals surface area contributed by atoms with Gasteiger partial charge >= 0.3 is 0 Å². The number of benzene rings is 1. The average molecular weight is 318 g/mol. The van der Waals surface area contributed by atoms with Crippen LogP contribution in [0.1, 0.15) is 25.2 Å². The van der Waals surface area contributed by atoms with Gasteiger partial charge in [0.2, 0.25) is 10.0 Å². The first kappa shape index (κ1) is 15.0. The Morgan fingerprint density at radius 3 is 2.80 bits per heavy atom. The topological polar surface area (TPSA) is 74.8 Å². The Hall–Kier alpha value is -1.44. The molecule has 2 aromatic rings. The van der Waals surface area contributed by atoms with Crippen LogP contribution in [0.15, 0.2) is 35.5 Å². The highest BCUT2D eigenvalue weighted by atomic mass is 35.5. The lowest BCUT2D eigenvalue weighted by Gasteiger charge is -2.15. The standard InChI is InChI=1S/C12H13ClFN3O2S/c1-2-10(12-15-5-6-16-12)17-20(18,19)11-4-3-8(13)7-9(11)14/h3-7,10,17H,2H2,1H3,(H,15,16). The quantitative estimate of drug-likeness (QED) is 0.890. The lowest BCUT2D eigenvalue weighted by atomic mass is 10.2. The van der Waals surface area contributed by atoms with Gasteiger partial charge in [0.05, 0.1) is 6.04 Å². The fourth-order valence-electron chi connectivity index (χ4n) is 1.74. The molecule has 0 fully saturated rings. The van der Waals surface area contributed by atoms with Gasteiger partial charge in [0, 0.05) is 17.4 Å². The van der Waals surface area contributed by atoms with Gasteiger partial charge in [-0.25, -0.2) is 22.5 Å². The number of hydrogen-bond acceptors (Lipinski definition) is 3. The Kier molecular flexibility index (Phi) is 4.42. The average Bonchev–Trinajstić information content (AvgIpc) is 2.89. The third-order valence-corrected chi connectivity index (χ3v) is 4.48. The largest absolute Gasteiger partial charge is 0.347 e. The van der Waals surface area contributed by atoms with Gasteiger partial charge in [-0.2, -0.15) is 0 Å². The van der Waals surface area contributed by atoms with Crippen LogP contribution in [0.4, 0.5) is 4.39 Å². The summed E-state index contributed by atoms with van der Waals surface area (Å²) >= 11 is 5.61. The lowest BCUT2D eigenvalue weighted by molar-refractivity contribution is 0.527. The molecule has 2 N–H and O–H groups in total. The molecular weight excluding hydrogens is 305 g/mol. The maximum Gasteiger partial charge on any atom is 0.244 e. The van der Waals surface area contributed by atoms with E-state index in [0.29, 0.717) is 12.2 Å². The first-order valence-electron chi connectivity index (χ1n) is 5.90. The molecule has 0 spiro atoms. The SMILES string of the molecule is CCC(NS(=O)(=O)c1ccc(Cl)cc1F)c1ncc[nH]1. The molecule has 0 aliphatic heterocycles. The second-order valence-electron chi connectivity index (χ2n) is 4.13. The normalized spacial score (nSPS) is 13.3. The highest BCUT2D eigenvalue weighted by molar-refractivity contribution is 7.89. The lowest BCUT2D eigenvalue weighted by Crippen LogP contribution is -2.29. The van der Waals surface area contributed by atoms with Gasteiger partial charge in [0.25, 0.3) is 0 Å². The van der Waals surface area contributed by atoms with Crippen molar-refractivity contribution < 1.29 is 12.8 Å². The number of imidazole rings is 1. The molecule has 1 heterocycles. The molecule has 0 saturated carbocycles. The smallest absolute Gasteiger partial charge is 0.244 e. The Labute approximate surface area is 121 Å². The Balaban J connectivity index is 2.31. The van der Waals surface area contributed by atoms with Crippen LogP contribution in [0.2, 0.25) is 5.02 Å². The molecule has 0 radical (unpaired) electrons. The van der Waals surface area contributed by atoms with E-state index in [2.05, 4.69) is 14.7 Å². The van der Waals surface area contributed by atoms with Gasteiger partial charge < -0.3 is 4.98 Å². The summed E-state index contributed by atoms with van der Waals surface area (Å²) in [5, 5.41) is 0.138. The van der Waals surface area contributed by atoms with E-state index in [-0.39, 0.29) is 5.02 Å². The van der Waals surface area contributed by atoms with Crippen LogP contribution in [0, 0.1) is 5.82 Å². The zero-order valence-corrected chi connectivity index (χ0v) is 12.2. The zero-order chi connectivity index (χ0) is 14.8. The van der Waals surface area contributed by atoms with Crippen molar-refractivity contribution in [2.24, 2.45) is 0 Å². The first-order valence-corrected chi connectivity index (χ1v) is 7.77. The number of hydrogen-bond donors (Lipinski definition) is 2. The summed E-state index contributed by atoms with van der Waals surface area (Å²) in [4.78, 5) is 6.40. The fourth-order valence-corrected chi connectivity index (χ4v) is 3.25. The van der Waals surface area contributed by atoms with Crippen LogP contribution < -0.4 is 4.72 Å². The highest BCUT2D eigenvalue weighted by Crippen LogP contribution is 2.21. The third kappa shape index (κ3) is 3.17. The summed E-state index contributed by atoms with van der Waals surface area (Å²) in [6, 6.07) is 2.87. The molecule has 0 bridgehead atoms. The van der Waals surface area contributed by atoms with Gasteiger partial charge in [0.15, 0.2) is 0 Å². The predicted octanol–water partition coefficient (Wildman–Crippen LogP) is 2.63. The number of nitrogens with zero attached hydrogens (tertiary/aromatic N) is 1. The Bertz CT molecular complexity index is 689. The van der Waals surface area contributed by atoms with E-state index >= 15 is 0 Å². The van der Waals surface area contributed by atoms with Crippen molar-refractivity contribution >= 4 is 21.6 Å². The molecule has 1 aromatic carbocycles. The predicted molar refractivity (Wildman–Crippen MR) is 73.4 cm³/mol. The van der Waals surface area contributed by atoms with Crippen molar-refractivity contribution in [3.63, 3.8) is 0 Å². The number of H-pyrrole nitrogens is 1. The van der Waals surface area contributed by atoms with Crippen LogP contribution in [0.25, 0.3) is 0 Å². The number of halogens is 2. The summed E-state index contributed by atoms with van der Waals surface area (Å²) in [6.45, 7) is 1.80. The van der Waals surface area contributed by atoms with Crippen molar-refractivity contribution in [1.29, 1.82) is 0 Å². The zero-order valence-electron chi connectivity index (χ0n) is 10.6. The van der Waals surface area contributed by atoms with E-state index < -0.39 is 26.8 Å². The molecule has 20 heavy (non-hydrogen) atoms. The fraction of sp³-hybridized carbons (Fsp3) is 0.250. The minimum atomic E-state index is -3.99. The van der Waals surface area contributed by atoms with Crippen LogP contribution in [0.5, 0.6) is 0 Å². The van der Waals surface area contributed by atoms with E-state index in [1.807, 2.05) is 0 Å². The van der Waals surface area contributed by atoms with E-state index in [1.165, 1.54) is 12.3 Å². The van der Waals surface area contributed by atoms with Crippen molar-refractivity contribution in [1.82, 2.24) is 14.7 Å². The molecule has 5 nitrogen and oxygen atoms in total. The van der Waals surface area contributed by atoms with E-state index in [4.69, 9.17) is 11.6 Å². The maximum atomic E-state index is 13.7. The Morgan fingerprint density at radius 1 is 1.50 bits per heavy atom. The maximum absolute atomic E-state index is 13.7. The molecule has 0 amide bonds. The molecule has 108 valence electrons. The van der Waals surface area contributed by atoms with Gasteiger partial charge in [0.1, 0.15) is 16.5 Å². The molecule has 0 aliphatic carbocycles. The van der Waals surface area contributed by atoms with Gasteiger partial charge in [-0.3, -0.25) is 0 Å². The van der Waals surface area contributed by atoms with Crippen molar-refractivity contribution in [2.45, 2.75) is 24.3 Å². The van der Waals surface area contributed by atoms with Gasteiger partial charge in [-0.1, -0.05) is 18.5 Å². The van der Waals surface area contributed by atoms with Gasteiger partial charge in [-0.05, 0) is 24.6 Å². The number of nitrogens with one attached hydrogen (secondary N) is 2. The van der Waals surface area contributed by atoms with Crippen LogP contribution in [-0.4, -0.2) is 18.4 Å². The van der Waals surface area contributed by atoms with Gasteiger partial charge in [-0.15, -0.1) is 0 Å². The molecule has 2 rings (SSSR count). The number of aromatic amines is 1. The molecule has 1 atom stereocenters. The summed E-state index contributed by atoms with van der Waals surface area (Å²) in [7, 11) is -3.99. The Morgan fingerprint density at radius 2 is 2.25 bits per heavy atom. The molecule has 1 unspecified atom stereocenters. The van der Waals surface area contributed by atoms with E-state index in [0.717, 1.165) is 12.1 Å². The molecule has 0 aliphatic rings. The van der Waals surface area contributed by atoms with Crippen molar-refractivity contribution in [3.8, 4) is 0 Å². The second kappa shape index (κ2) is 5.90. The van der Waals surface area contributed by atoms with Crippen molar-refractivity contribution in [3.05, 3.63) is 47.3 Å². The van der Waals surface area contributed by atoms with Crippen LogP contribution in [-0.2, 0) is 10.0 Å². The highest BCUT2D eigenvalue weighted by Gasteiger charge is 2.24. The molecule has 8 heteroatoms. The summed E-state index contributed by atoms with van der Waals surface area (Å²) in [5.74, 6) is -0.412. The minimum Gasteiger partial charge on any atom is -0.347 e. The molecule has 0 saturated heterocycles. The van der Waals surface area contributed by atoms with Crippen LogP contribution >= 0.6 is 11.6 Å². The monoisotopic (exact) mass is 317 g/mol. The minimum absolute atomic E-state index is 0.138. The van der Waals surface area contributed by atoms with Crippen LogP contribution in [0.3, 0.4) is 0 Å². The van der Waals surface area contributed by atoms with E-state index in [1.54, 1.807) is 13.1 Å². The molecule has 1 aromatic heterocycles. The van der Waals surface area contributed by atoms with Crippen molar-refractivity contribution in [2.75, 3.05) is 0 Å². The third-order valence-electron chi connectivity index (χ3n) is 2.74. The second-order valence-corrected chi connectivity index (χ2v) is 6.25. The first-order chi connectivity index (χ1) is 9.44. The summed E-state index contributed by atoms with van der Waals surface area (Å²) in [6.07, 6.45) is 3.59.